The van der Waals surface area contributed by atoms with Gasteiger partial charge in [-0.2, -0.15) is 5.26 Å². The molecule has 0 saturated heterocycles. The number of carbonyl (C=O) groups excluding carboxylic acids is 1. The van der Waals surface area contributed by atoms with Gasteiger partial charge in [0.2, 0.25) is 0 Å². The molecule has 1 N–H and O–H groups in total. The average Bonchev–Trinajstić information content (AvgIpc) is 3.34. The Morgan fingerprint density at radius 3 is 2.47 bits per heavy atom. The van der Waals surface area contributed by atoms with E-state index in [4.69, 9.17) is 0 Å². The van der Waals surface area contributed by atoms with Crippen molar-refractivity contribution in [1.82, 2.24) is 14.9 Å². The number of nitriles is 1. The Hall–Kier alpha value is -4.69. The summed E-state index contributed by atoms with van der Waals surface area (Å²) in [5, 5.41) is 12.6. The quantitative estimate of drug-likeness (QED) is 0.295. The first-order valence-corrected chi connectivity index (χ1v) is 12.1. The maximum absolute atomic E-state index is 13.1. The SMILES string of the molecule is CCC(NC(=O)c1ccc2ncn(Cc3ccc(-c4ccccc4C#N)cc3)c2c1)c1ccccc1. The molecule has 0 bridgehead atoms. The number of imidazole rings is 1. The number of benzene rings is 4. The van der Waals surface area contributed by atoms with Gasteiger partial charge in [-0.15, -0.1) is 0 Å². The normalized spacial score (nSPS) is 11.7. The molecule has 176 valence electrons. The van der Waals surface area contributed by atoms with Crippen molar-refractivity contribution in [2.45, 2.75) is 25.9 Å². The first-order chi connectivity index (χ1) is 17.7. The van der Waals surface area contributed by atoms with Gasteiger partial charge in [0.25, 0.3) is 5.91 Å². The van der Waals surface area contributed by atoms with E-state index in [1.807, 2.05) is 91.3 Å². The van der Waals surface area contributed by atoms with Crippen molar-refractivity contribution >= 4 is 16.9 Å². The van der Waals surface area contributed by atoms with Gasteiger partial charge >= 0.3 is 0 Å². The second-order valence-corrected chi connectivity index (χ2v) is 8.78. The van der Waals surface area contributed by atoms with Crippen molar-refractivity contribution in [3.8, 4) is 17.2 Å². The molecule has 0 fully saturated rings. The van der Waals surface area contributed by atoms with Crippen LogP contribution in [-0.2, 0) is 6.54 Å². The van der Waals surface area contributed by atoms with Crippen LogP contribution in [0.25, 0.3) is 22.2 Å². The highest BCUT2D eigenvalue weighted by molar-refractivity contribution is 5.97. The number of nitrogens with one attached hydrogen (secondary N) is 1. The summed E-state index contributed by atoms with van der Waals surface area (Å²) in [4.78, 5) is 17.6. The number of fused-ring (bicyclic) bond motifs is 1. The van der Waals surface area contributed by atoms with Crippen LogP contribution in [0.2, 0.25) is 0 Å². The fraction of sp³-hybridized carbons (Fsp3) is 0.129. The molecule has 5 aromatic rings. The van der Waals surface area contributed by atoms with Crippen molar-refractivity contribution in [3.05, 3.63) is 126 Å². The minimum absolute atomic E-state index is 0.0380. The summed E-state index contributed by atoms with van der Waals surface area (Å²) in [6, 6.07) is 33.7. The molecule has 1 heterocycles. The Morgan fingerprint density at radius 2 is 1.72 bits per heavy atom. The van der Waals surface area contributed by atoms with Gasteiger partial charge in [0.15, 0.2) is 0 Å². The van der Waals surface area contributed by atoms with Gasteiger partial charge in [0.1, 0.15) is 0 Å². The summed E-state index contributed by atoms with van der Waals surface area (Å²) in [5.41, 5.74) is 7.18. The third-order valence-corrected chi connectivity index (χ3v) is 6.46. The lowest BCUT2D eigenvalue weighted by Crippen LogP contribution is -2.28. The molecular formula is C31H26N4O. The topological polar surface area (TPSA) is 70.7 Å². The van der Waals surface area contributed by atoms with Gasteiger partial charge in [0, 0.05) is 12.1 Å². The van der Waals surface area contributed by atoms with Crippen LogP contribution in [0.5, 0.6) is 0 Å². The number of amides is 1. The third-order valence-electron chi connectivity index (χ3n) is 6.46. The van der Waals surface area contributed by atoms with Gasteiger partial charge < -0.3 is 9.88 Å². The van der Waals surface area contributed by atoms with Crippen LogP contribution in [0.1, 0.15) is 46.4 Å². The summed E-state index contributed by atoms with van der Waals surface area (Å²) in [5.74, 6) is -0.0964. The summed E-state index contributed by atoms with van der Waals surface area (Å²) in [7, 11) is 0. The van der Waals surface area contributed by atoms with E-state index in [1.165, 1.54) is 0 Å². The van der Waals surface area contributed by atoms with E-state index in [0.29, 0.717) is 17.7 Å². The van der Waals surface area contributed by atoms with Crippen LogP contribution in [0.4, 0.5) is 0 Å². The lowest BCUT2D eigenvalue weighted by molar-refractivity contribution is 0.0935. The van der Waals surface area contributed by atoms with Crippen LogP contribution in [-0.4, -0.2) is 15.5 Å². The smallest absolute Gasteiger partial charge is 0.251 e. The minimum Gasteiger partial charge on any atom is -0.345 e. The Morgan fingerprint density at radius 1 is 0.972 bits per heavy atom. The molecular weight excluding hydrogens is 444 g/mol. The molecule has 0 aliphatic rings. The van der Waals surface area contributed by atoms with Gasteiger partial charge in [-0.1, -0.05) is 79.7 Å². The van der Waals surface area contributed by atoms with Crippen LogP contribution >= 0.6 is 0 Å². The van der Waals surface area contributed by atoms with Crippen LogP contribution in [0.3, 0.4) is 0 Å². The number of rotatable bonds is 7. The Balaban J connectivity index is 1.36. The van der Waals surface area contributed by atoms with Crippen molar-refractivity contribution in [2.24, 2.45) is 0 Å². The molecule has 0 radical (unpaired) electrons. The number of aromatic nitrogens is 2. The molecule has 5 heteroatoms. The van der Waals surface area contributed by atoms with Crippen molar-refractivity contribution < 1.29 is 4.79 Å². The summed E-state index contributed by atoms with van der Waals surface area (Å²) in [6.45, 7) is 2.70. The highest BCUT2D eigenvalue weighted by Crippen LogP contribution is 2.25. The van der Waals surface area contributed by atoms with Crippen LogP contribution in [0.15, 0.2) is 103 Å². The monoisotopic (exact) mass is 470 g/mol. The molecule has 1 aromatic heterocycles. The van der Waals surface area contributed by atoms with E-state index < -0.39 is 0 Å². The van der Waals surface area contributed by atoms with Gasteiger partial charge in [-0.05, 0) is 52.9 Å². The molecule has 1 unspecified atom stereocenters. The van der Waals surface area contributed by atoms with Crippen molar-refractivity contribution in [3.63, 3.8) is 0 Å². The second kappa shape index (κ2) is 10.3. The largest absolute Gasteiger partial charge is 0.345 e. The lowest BCUT2D eigenvalue weighted by atomic mass is 9.99. The van der Waals surface area contributed by atoms with Crippen LogP contribution < -0.4 is 5.32 Å². The van der Waals surface area contributed by atoms with Gasteiger partial charge in [0.05, 0.1) is 35.0 Å². The zero-order valence-electron chi connectivity index (χ0n) is 20.1. The van der Waals surface area contributed by atoms with Crippen molar-refractivity contribution in [1.29, 1.82) is 5.26 Å². The summed E-state index contributed by atoms with van der Waals surface area (Å²) in [6.07, 6.45) is 2.62. The Bertz CT molecular complexity index is 1550. The number of carbonyl (C=O) groups is 1. The molecule has 1 atom stereocenters. The highest BCUT2D eigenvalue weighted by atomic mass is 16.1. The third kappa shape index (κ3) is 4.75. The van der Waals surface area contributed by atoms with Crippen LogP contribution in [0, 0.1) is 11.3 Å². The van der Waals surface area contributed by atoms with E-state index in [0.717, 1.165) is 39.7 Å². The molecule has 0 aliphatic carbocycles. The predicted octanol–water partition coefficient (Wildman–Crippen LogP) is 6.50. The molecule has 5 nitrogen and oxygen atoms in total. The van der Waals surface area contributed by atoms with Crippen molar-refractivity contribution in [2.75, 3.05) is 0 Å². The number of nitrogens with zero attached hydrogens (tertiary/aromatic N) is 3. The zero-order chi connectivity index (χ0) is 24.9. The lowest BCUT2D eigenvalue weighted by Gasteiger charge is -2.17. The average molecular weight is 471 g/mol. The van der Waals surface area contributed by atoms with E-state index in [2.05, 4.69) is 40.0 Å². The fourth-order valence-electron chi connectivity index (χ4n) is 4.49. The molecule has 1 amide bonds. The maximum Gasteiger partial charge on any atom is 0.251 e. The number of hydrogen-bond donors (Lipinski definition) is 1. The molecule has 0 saturated carbocycles. The first-order valence-electron chi connectivity index (χ1n) is 12.1. The molecule has 4 aromatic carbocycles. The highest BCUT2D eigenvalue weighted by Gasteiger charge is 2.15. The Labute approximate surface area is 210 Å². The van der Waals surface area contributed by atoms with E-state index in [9.17, 15) is 10.1 Å². The number of hydrogen-bond acceptors (Lipinski definition) is 3. The summed E-state index contributed by atoms with van der Waals surface area (Å²) < 4.78 is 2.05. The van der Waals surface area contributed by atoms with Gasteiger partial charge in [-0.3, -0.25) is 4.79 Å². The van der Waals surface area contributed by atoms with E-state index in [1.54, 1.807) is 0 Å². The molecule has 5 rings (SSSR count). The molecule has 0 spiro atoms. The predicted molar refractivity (Wildman–Crippen MR) is 142 cm³/mol. The maximum atomic E-state index is 13.1. The molecule has 0 aliphatic heterocycles. The Kier molecular flexibility index (Phi) is 6.59. The molecule has 36 heavy (non-hydrogen) atoms. The minimum atomic E-state index is -0.0964. The first kappa shape index (κ1) is 23.1. The summed E-state index contributed by atoms with van der Waals surface area (Å²) >= 11 is 0. The van der Waals surface area contributed by atoms with E-state index >= 15 is 0 Å². The standard InChI is InChI=1S/C31H26N4O/c1-2-28(24-8-4-3-5-9-24)34-31(36)25-16-17-29-30(18-25)35(21-33-29)20-22-12-14-23(15-13-22)27-11-7-6-10-26(27)19-32/h3-18,21,28H,2,20H2,1H3,(H,34,36). The zero-order valence-corrected chi connectivity index (χ0v) is 20.1. The fourth-order valence-corrected chi connectivity index (χ4v) is 4.49. The second-order valence-electron chi connectivity index (χ2n) is 8.78. The van der Waals surface area contributed by atoms with Gasteiger partial charge in [-0.25, -0.2) is 4.98 Å². The van der Waals surface area contributed by atoms with E-state index in [-0.39, 0.29) is 11.9 Å².